The molecule has 0 atom stereocenters. The minimum Gasteiger partial charge on any atom is -0.459 e. The molecule has 0 saturated heterocycles. The van der Waals surface area contributed by atoms with Crippen molar-refractivity contribution in [1.29, 1.82) is 0 Å². The second-order valence-corrected chi connectivity index (χ2v) is 6.50. The fraction of sp³-hybridized carbons (Fsp3) is 0.188. The van der Waals surface area contributed by atoms with Crippen LogP contribution in [0.25, 0.3) is 9.88 Å². The molecule has 0 radical (unpaired) electrons. The highest BCUT2D eigenvalue weighted by Gasteiger charge is 2.16. The summed E-state index contributed by atoms with van der Waals surface area (Å²) in [6, 6.07) is 13.5. The molecule has 0 unspecified atom stereocenters. The molecule has 0 saturated carbocycles. The van der Waals surface area contributed by atoms with Crippen molar-refractivity contribution in [2.45, 2.75) is 6.92 Å². The highest BCUT2D eigenvalue weighted by atomic mass is 32.1. The third-order valence-corrected chi connectivity index (χ3v) is 5.02. The average Bonchev–Trinajstić information content (AvgIpc) is 3.26. The number of anilines is 1. The Bertz CT molecular complexity index is 757. The molecule has 3 aromatic rings. The van der Waals surface area contributed by atoms with Gasteiger partial charge in [-0.3, -0.25) is 4.79 Å². The van der Waals surface area contributed by atoms with Gasteiger partial charge in [0.05, 0.1) is 4.88 Å². The molecule has 0 aliphatic heterocycles. The van der Waals surface area contributed by atoms with Gasteiger partial charge in [-0.1, -0.05) is 40.7 Å². The summed E-state index contributed by atoms with van der Waals surface area (Å²) >= 11 is 2.94. The van der Waals surface area contributed by atoms with Gasteiger partial charge in [0.25, 0.3) is 11.1 Å². The van der Waals surface area contributed by atoms with Gasteiger partial charge < -0.3 is 9.64 Å². The Hall–Kier alpha value is -2.25. The van der Waals surface area contributed by atoms with Crippen LogP contribution in [0.15, 0.2) is 47.8 Å². The van der Waals surface area contributed by atoms with Crippen LogP contribution in [0.2, 0.25) is 0 Å². The number of hydrogen-bond donors (Lipinski definition) is 0. The number of rotatable bonds is 6. The molecule has 5 nitrogen and oxygen atoms in total. The van der Waals surface area contributed by atoms with Crippen LogP contribution >= 0.6 is 22.7 Å². The minimum atomic E-state index is -0.105. The molecular weight excluding hydrogens is 330 g/mol. The summed E-state index contributed by atoms with van der Waals surface area (Å²) in [5, 5.41) is 11.3. The standard InChI is InChI=1S/C16H15N3O2S2/c1-2-19(12-7-4-3-5-8-12)14(20)11-21-16-18-17-15(23-16)13-9-6-10-22-13/h3-10H,2,11H2,1H3. The number of likely N-dealkylation sites (N-methyl/N-ethyl adjacent to an activating group) is 1. The number of aromatic nitrogens is 2. The van der Waals surface area contributed by atoms with Crippen LogP contribution in [0.4, 0.5) is 5.69 Å². The van der Waals surface area contributed by atoms with Crippen molar-refractivity contribution in [2.24, 2.45) is 0 Å². The molecular formula is C16H15N3O2S2. The first-order valence-corrected chi connectivity index (χ1v) is 8.83. The molecule has 0 bridgehead atoms. The third-order valence-electron chi connectivity index (χ3n) is 3.14. The van der Waals surface area contributed by atoms with E-state index in [2.05, 4.69) is 10.2 Å². The van der Waals surface area contributed by atoms with E-state index in [9.17, 15) is 4.79 Å². The van der Waals surface area contributed by atoms with Gasteiger partial charge >= 0.3 is 0 Å². The van der Waals surface area contributed by atoms with Crippen LogP contribution < -0.4 is 9.64 Å². The van der Waals surface area contributed by atoms with Crippen LogP contribution in [0.3, 0.4) is 0 Å². The van der Waals surface area contributed by atoms with Crippen LogP contribution in [-0.4, -0.2) is 29.3 Å². The maximum absolute atomic E-state index is 12.3. The van der Waals surface area contributed by atoms with E-state index < -0.39 is 0 Å². The second-order valence-electron chi connectivity index (χ2n) is 4.61. The summed E-state index contributed by atoms with van der Waals surface area (Å²) < 4.78 is 5.51. The van der Waals surface area contributed by atoms with E-state index in [0.717, 1.165) is 15.6 Å². The summed E-state index contributed by atoms with van der Waals surface area (Å²) in [5.41, 5.74) is 0.861. The van der Waals surface area contributed by atoms with Crippen molar-refractivity contribution in [3.8, 4) is 15.1 Å². The van der Waals surface area contributed by atoms with Gasteiger partial charge in [-0.25, -0.2) is 0 Å². The Kier molecular flexibility index (Phi) is 4.99. The highest BCUT2D eigenvalue weighted by molar-refractivity contribution is 7.21. The molecule has 0 aliphatic carbocycles. The van der Waals surface area contributed by atoms with Crippen molar-refractivity contribution in [3.63, 3.8) is 0 Å². The number of para-hydroxylation sites is 1. The van der Waals surface area contributed by atoms with Crippen molar-refractivity contribution < 1.29 is 9.53 Å². The Morgan fingerprint density at radius 3 is 2.70 bits per heavy atom. The first kappa shape index (κ1) is 15.6. The van der Waals surface area contributed by atoms with Crippen LogP contribution in [0, 0.1) is 0 Å². The fourth-order valence-electron chi connectivity index (χ4n) is 2.08. The number of amides is 1. The molecule has 1 aromatic carbocycles. The van der Waals surface area contributed by atoms with Gasteiger partial charge in [0.2, 0.25) is 0 Å². The maximum Gasteiger partial charge on any atom is 0.294 e. The summed E-state index contributed by atoms with van der Waals surface area (Å²) in [5.74, 6) is -0.105. The number of benzene rings is 1. The zero-order chi connectivity index (χ0) is 16.1. The van der Waals surface area contributed by atoms with E-state index >= 15 is 0 Å². The quantitative estimate of drug-likeness (QED) is 0.683. The van der Waals surface area contributed by atoms with E-state index in [-0.39, 0.29) is 12.5 Å². The monoisotopic (exact) mass is 345 g/mol. The molecule has 118 valence electrons. The van der Waals surface area contributed by atoms with Crippen LogP contribution in [0.1, 0.15) is 6.92 Å². The van der Waals surface area contributed by atoms with Gasteiger partial charge in [-0.15, -0.1) is 16.4 Å². The third kappa shape index (κ3) is 3.75. The molecule has 2 heterocycles. The number of hydrogen-bond acceptors (Lipinski definition) is 6. The van der Waals surface area contributed by atoms with E-state index in [4.69, 9.17) is 4.74 Å². The van der Waals surface area contributed by atoms with E-state index in [1.807, 2.05) is 54.8 Å². The molecule has 2 aromatic heterocycles. The van der Waals surface area contributed by atoms with Crippen molar-refractivity contribution >= 4 is 34.3 Å². The zero-order valence-electron chi connectivity index (χ0n) is 12.5. The summed E-state index contributed by atoms with van der Waals surface area (Å²) in [6.45, 7) is 2.47. The molecule has 23 heavy (non-hydrogen) atoms. The largest absolute Gasteiger partial charge is 0.459 e. The molecule has 0 N–H and O–H groups in total. The van der Waals surface area contributed by atoms with Crippen LogP contribution in [-0.2, 0) is 4.79 Å². The topological polar surface area (TPSA) is 55.3 Å². The lowest BCUT2D eigenvalue weighted by Gasteiger charge is -2.20. The molecule has 3 rings (SSSR count). The van der Waals surface area contributed by atoms with Gasteiger partial charge in [0.15, 0.2) is 11.6 Å². The predicted octanol–water partition coefficient (Wildman–Crippen LogP) is 3.70. The lowest BCUT2D eigenvalue weighted by molar-refractivity contribution is -0.120. The average molecular weight is 345 g/mol. The summed E-state index contributed by atoms with van der Waals surface area (Å²) in [4.78, 5) is 15.1. The van der Waals surface area contributed by atoms with Gasteiger partial charge in [-0.2, -0.15) is 0 Å². The van der Waals surface area contributed by atoms with E-state index in [1.165, 1.54) is 11.3 Å². The van der Waals surface area contributed by atoms with Crippen molar-refractivity contribution in [2.75, 3.05) is 18.1 Å². The zero-order valence-corrected chi connectivity index (χ0v) is 14.1. The van der Waals surface area contributed by atoms with Crippen LogP contribution in [0.5, 0.6) is 5.19 Å². The Morgan fingerprint density at radius 1 is 1.17 bits per heavy atom. The summed E-state index contributed by atoms with van der Waals surface area (Å²) in [7, 11) is 0. The SMILES string of the molecule is CCN(C(=O)COc1nnc(-c2cccs2)s1)c1ccccc1. The Balaban J connectivity index is 1.62. The minimum absolute atomic E-state index is 0.0538. The second kappa shape index (κ2) is 7.34. The number of carbonyl (C=O) groups is 1. The normalized spacial score (nSPS) is 10.5. The molecule has 7 heteroatoms. The first-order valence-electron chi connectivity index (χ1n) is 7.13. The van der Waals surface area contributed by atoms with Gasteiger partial charge in [0.1, 0.15) is 0 Å². The first-order chi connectivity index (χ1) is 11.3. The number of carbonyl (C=O) groups excluding carboxylic acids is 1. The maximum atomic E-state index is 12.3. The highest BCUT2D eigenvalue weighted by Crippen LogP contribution is 2.30. The lowest BCUT2D eigenvalue weighted by Crippen LogP contribution is -2.34. The number of ether oxygens (including phenoxy) is 1. The fourth-order valence-corrected chi connectivity index (χ4v) is 3.57. The smallest absolute Gasteiger partial charge is 0.294 e. The van der Waals surface area contributed by atoms with Gasteiger partial charge in [-0.05, 0) is 30.5 Å². The molecule has 0 fully saturated rings. The number of nitrogens with zero attached hydrogens (tertiary/aromatic N) is 3. The van der Waals surface area contributed by atoms with E-state index in [1.54, 1.807) is 16.2 Å². The lowest BCUT2D eigenvalue weighted by atomic mass is 10.3. The van der Waals surface area contributed by atoms with Crippen molar-refractivity contribution in [3.05, 3.63) is 47.8 Å². The van der Waals surface area contributed by atoms with Gasteiger partial charge in [0, 0.05) is 12.2 Å². The Morgan fingerprint density at radius 2 is 2.00 bits per heavy atom. The Labute approximate surface area is 142 Å². The number of thiophene rings is 1. The van der Waals surface area contributed by atoms with Crippen molar-refractivity contribution in [1.82, 2.24) is 10.2 Å². The summed E-state index contributed by atoms with van der Waals surface area (Å²) in [6.07, 6.45) is 0. The predicted molar refractivity (Wildman–Crippen MR) is 93.2 cm³/mol. The molecule has 0 spiro atoms. The molecule has 0 aliphatic rings. The van der Waals surface area contributed by atoms with E-state index in [0.29, 0.717) is 11.7 Å². The molecule has 1 amide bonds.